The molecule has 0 spiro atoms. The van der Waals surface area contributed by atoms with Gasteiger partial charge in [0.05, 0.1) is 0 Å². The second kappa shape index (κ2) is 12.4. The summed E-state index contributed by atoms with van der Waals surface area (Å²) in [5.74, 6) is -1.59. The van der Waals surface area contributed by atoms with Crippen LogP contribution in [0.2, 0.25) is 18.1 Å². The van der Waals surface area contributed by atoms with E-state index in [1.165, 1.54) is 0 Å². The van der Waals surface area contributed by atoms with Gasteiger partial charge in [0, 0.05) is 12.2 Å². The van der Waals surface area contributed by atoms with Gasteiger partial charge in [-0.15, -0.1) is 0 Å². The normalized spacial score (nSPS) is 11.8. The summed E-state index contributed by atoms with van der Waals surface area (Å²) < 4.78 is 5.89. The van der Waals surface area contributed by atoms with Crippen molar-refractivity contribution in [1.82, 2.24) is 0 Å². The molecular formula is C17H32O4Si. The zero-order chi connectivity index (χ0) is 16.8. The summed E-state index contributed by atoms with van der Waals surface area (Å²) in [5.41, 5.74) is 0. The third kappa shape index (κ3) is 9.76. The van der Waals surface area contributed by atoms with Crippen molar-refractivity contribution in [2.75, 3.05) is 0 Å². The van der Waals surface area contributed by atoms with E-state index in [-0.39, 0.29) is 0 Å². The van der Waals surface area contributed by atoms with Crippen molar-refractivity contribution in [1.29, 1.82) is 0 Å². The molecule has 0 radical (unpaired) electrons. The van der Waals surface area contributed by atoms with Gasteiger partial charge in [-0.2, -0.15) is 0 Å². The fraction of sp³-hybridized carbons (Fsp3) is 0.765. The topological polar surface area (TPSA) is 63.6 Å². The minimum atomic E-state index is -2.10. The van der Waals surface area contributed by atoms with Crippen LogP contribution in [0.3, 0.4) is 0 Å². The summed E-state index contributed by atoms with van der Waals surface area (Å²) in [6.07, 6.45) is 9.69. The number of aliphatic carboxylic acids is 1. The summed E-state index contributed by atoms with van der Waals surface area (Å²) in [6, 6.07) is 3.01. The van der Waals surface area contributed by atoms with Crippen molar-refractivity contribution < 1.29 is 19.1 Å². The Bertz CT molecular complexity index is 345. The third-order valence-corrected chi connectivity index (χ3v) is 8.32. The summed E-state index contributed by atoms with van der Waals surface area (Å²) >= 11 is 0. The average Bonchev–Trinajstić information content (AvgIpc) is 2.49. The Morgan fingerprint density at radius 2 is 1.36 bits per heavy atom. The highest BCUT2D eigenvalue weighted by Gasteiger charge is 2.36. The first kappa shape index (κ1) is 20.9. The second-order valence-corrected chi connectivity index (χ2v) is 10.0. The molecule has 128 valence electrons. The fourth-order valence-electron chi connectivity index (χ4n) is 2.61. The van der Waals surface area contributed by atoms with Crippen LogP contribution < -0.4 is 0 Å². The molecule has 4 nitrogen and oxygen atoms in total. The molecule has 0 saturated carbocycles. The van der Waals surface area contributed by atoms with Crippen molar-refractivity contribution >= 4 is 20.3 Å². The van der Waals surface area contributed by atoms with Gasteiger partial charge in [0.15, 0.2) is 0 Å². The van der Waals surface area contributed by atoms with E-state index in [1.54, 1.807) is 0 Å². The van der Waals surface area contributed by atoms with Gasteiger partial charge < -0.3 is 9.53 Å². The van der Waals surface area contributed by atoms with E-state index < -0.39 is 20.3 Å². The van der Waals surface area contributed by atoms with Crippen LogP contribution in [-0.4, -0.2) is 25.4 Å². The minimum Gasteiger partial charge on any atom is -0.516 e. The predicted octanol–water partition coefficient (Wildman–Crippen LogP) is 4.91. The van der Waals surface area contributed by atoms with Crippen molar-refractivity contribution in [3.8, 4) is 0 Å². The maximum absolute atomic E-state index is 12.0. The number of carbonyl (C=O) groups is 2. The summed E-state index contributed by atoms with van der Waals surface area (Å²) in [7, 11) is -2.10. The number of carbonyl (C=O) groups excluding carboxylic acids is 1. The molecule has 1 N–H and O–H groups in total. The van der Waals surface area contributed by atoms with Crippen molar-refractivity contribution in [2.24, 2.45) is 0 Å². The Balaban J connectivity index is 4.94. The lowest BCUT2D eigenvalue weighted by atomic mass is 10.3. The molecule has 0 fully saturated rings. The van der Waals surface area contributed by atoms with E-state index in [2.05, 4.69) is 20.8 Å². The monoisotopic (exact) mass is 328 g/mol. The molecule has 0 atom stereocenters. The van der Waals surface area contributed by atoms with E-state index >= 15 is 0 Å². The van der Waals surface area contributed by atoms with Crippen LogP contribution in [0.4, 0.5) is 0 Å². The molecule has 0 saturated heterocycles. The van der Waals surface area contributed by atoms with Crippen LogP contribution in [0.1, 0.15) is 65.7 Å². The van der Waals surface area contributed by atoms with Crippen LogP contribution in [0.15, 0.2) is 12.2 Å². The lowest BCUT2D eigenvalue weighted by molar-refractivity contribution is -0.133. The number of hydrogen-bond acceptors (Lipinski definition) is 3. The SMILES string of the molecule is CCCCC[Si](CCCC)(CCCC)OC(=O)/C=C\C(=O)O. The average molecular weight is 329 g/mol. The van der Waals surface area contributed by atoms with Crippen LogP contribution in [0.25, 0.3) is 0 Å². The third-order valence-electron chi connectivity index (χ3n) is 3.89. The molecule has 0 aliphatic heterocycles. The van der Waals surface area contributed by atoms with E-state index in [0.717, 1.165) is 75.2 Å². The van der Waals surface area contributed by atoms with Gasteiger partial charge in [0.1, 0.15) is 0 Å². The molecule has 0 aliphatic rings. The Hall–Kier alpha value is -1.10. The van der Waals surface area contributed by atoms with Crippen LogP contribution in [0.5, 0.6) is 0 Å². The van der Waals surface area contributed by atoms with Gasteiger partial charge in [-0.1, -0.05) is 65.7 Å². The van der Waals surface area contributed by atoms with Gasteiger partial charge in [-0.3, -0.25) is 0 Å². The molecule has 0 aromatic carbocycles. The molecule has 22 heavy (non-hydrogen) atoms. The highest BCUT2D eigenvalue weighted by atomic mass is 28.4. The first-order valence-corrected chi connectivity index (χ1v) is 11.2. The van der Waals surface area contributed by atoms with Gasteiger partial charge in [0.25, 0.3) is 8.32 Å². The summed E-state index contributed by atoms with van der Waals surface area (Å²) in [6.45, 7) is 6.47. The molecule has 0 aromatic heterocycles. The summed E-state index contributed by atoms with van der Waals surface area (Å²) in [4.78, 5) is 22.5. The molecule has 0 rings (SSSR count). The van der Waals surface area contributed by atoms with E-state index in [9.17, 15) is 9.59 Å². The number of carboxylic acid groups (broad SMARTS) is 1. The smallest absolute Gasteiger partial charge is 0.328 e. The second-order valence-electron chi connectivity index (χ2n) is 5.94. The maximum atomic E-state index is 12.0. The van der Waals surface area contributed by atoms with E-state index in [0.29, 0.717) is 0 Å². The van der Waals surface area contributed by atoms with Crippen molar-refractivity contribution in [3.05, 3.63) is 12.2 Å². The Kier molecular flexibility index (Phi) is 11.8. The number of carboxylic acids is 1. The van der Waals surface area contributed by atoms with Gasteiger partial charge in [0.2, 0.25) is 0 Å². The Labute approximate surface area is 136 Å². The van der Waals surface area contributed by atoms with Crippen molar-refractivity contribution in [3.63, 3.8) is 0 Å². The molecule has 5 heteroatoms. The van der Waals surface area contributed by atoms with Crippen molar-refractivity contribution in [2.45, 2.75) is 83.8 Å². The van der Waals surface area contributed by atoms with Gasteiger partial charge in [-0.25, -0.2) is 9.59 Å². The van der Waals surface area contributed by atoms with Crippen LogP contribution >= 0.6 is 0 Å². The quantitative estimate of drug-likeness (QED) is 0.296. The zero-order valence-electron chi connectivity index (χ0n) is 14.4. The maximum Gasteiger partial charge on any atom is 0.328 e. The highest BCUT2D eigenvalue weighted by molar-refractivity contribution is 6.75. The summed E-state index contributed by atoms with van der Waals surface area (Å²) in [5, 5.41) is 8.63. The van der Waals surface area contributed by atoms with Gasteiger partial charge in [-0.05, 0) is 18.1 Å². The Morgan fingerprint density at radius 3 is 1.82 bits per heavy atom. The molecule has 0 heterocycles. The first-order chi connectivity index (χ1) is 10.5. The number of rotatable bonds is 13. The lowest BCUT2D eigenvalue weighted by Gasteiger charge is -2.31. The van der Waals surface area contributed by atoms with E-state index in [1.807, 2.05) is 0 Å². The molecule has 0 aliphatic carbocycles. The number of hydrogen-bond donors (Lipinski definition) is 1. The standard InChI is InChI=1S/C17H32O4Si/c1-4-7-10-15-22(13-8-5-2,14-9-6-3)21-17(20)12-11-16(18)19/h11-12H,4-10,13-15H2,1-3H3,(H,18,19)/b12-11-. The minimum absolute atomic E-state index is 0.474. The van der Waals surface area contributed by atoms with Crippen LogP contribution in [0, 0.1) is 0 Å². The zero-order valence-corrected chi connectivity index (χ0v) is 15.4. The highest BCUT2D eigenvalue weighted by Crippen LogP contribution is 2.30. The largest absolute Gasteiger partial charge is 0.516 e. The van der Waals surface area contributed by atoms with Gasteiger partial charge >= 0.3 is 11.9 Å². The fourth-order valence-corrected chi connectivity index (χ4v) is 7.05. The molecule has 0 amide bonds. The lowest BCUT2D eigenvalue weighted by Crippen LogP contribution is -2.40. The Morgan fingerprint density at radius 1 is 0.864 bits per heavy atom. The van der Waals surface area contributed by atoms with E-state index in [4.69, 9.17) is 9.53 Å². The molecule has 0 bridgehead atoms. The molecule has 0 aromatic rings. The number of unbranched alkanes of at least 4 members (excludes halogenated alkanes) is 4. The molecule has 0 unspecified atom stereocenters. The first-order valence-electron chi connectivity index (χ1n) is 8.63. The predicted molar refractivity (Wildman–Crippen MR) is 92.4 cm³/mol. The van der Waals surface area contributed by atoms with Crippen LogP contribution in [-0.2, 0) is 14.0 Å². The molecular weight excluding hydrogens is 296 g/mol.